The third-order valence-electron chi connectivity index (χ3n) is 5.96. The summed E-state index contributed by atoms with van der Waals surface area (Å²) < 4.78 is 0. The van der Waals surface area contributed by atoms with Gasteiger partial charge in [0.1, 0.15) is 11.6 Å². The highest BCUT2D eigenvalue weighted by atomic mass is 32.1. The van der Waals surface area contributed by atoms with Crippen LogP contribution >= 0.6 is 45.3 Å². The normalized spacial score (nSPS) is 11.5. The largest absolute Gasteiger partial charge is 0.357 e. The molecule has 0 unspecified atom stereocenters. The third-order valence-corrected chi connectivity index (χ3v) is 10.2. The van der Waals surface area contributed by atoms with E-state index in [4.69, 9.17) is 6.57 Å². The van der Waals surface area contributed by atoms with Gasteiger partial charge >= 0.3 is 0 Å². The molecule has 42 heavy (non-hydrogen) atoms. The maximum atomic E-state index is 12.7. The van der Waals surface area contributed by atoms with Crippen molar-refractivity contribution in [2.75, 3.05) is 0 Å². The molecule has 206 valence electrons. The Labute approximate surface area is 259 Å². The number of nitriles is 1. The lowest BCUT2D eigenvalue weighted by atomic mass is 10.1. The van der Waals surface area contributed by atoms with Crippen molar-refractivity contribution < 1.29 is 9.59 Å². The van der Waals surface area contributed by atoms with Crippen LogP contribution in [0.25, 0.3) is 36.5 Å². The Kier molecular flexibility index (Phi) is 9.55. The first-order valence-corrected chi connectivity index (χ1v) is 16.0. The summed E-state index contributed by atoms with van der Waals surface area (Å²) in [6.45, 7) is 7.94. The number of hydrogen-bond donors (Lipinski definition) is 2. The van der Waals surface area contributed by atoms with E-state index in [1.165, 1.54) is 22.7 Å². The molecule has 5 rings (SSSR count). The summed E-state index contributed by atoms with van der Waals surface area (Å²) >= 11 is 6.35. The molecule has 5 aromatic rings. The molecule has 2 N–H and O–H groups in total. The zero-order valence-corrected chi connectivity index (χ0v) is 25.3. The number of thiophene rings is 4. The summed E-state index contributed by atoms with van der Waals surface area (Å²) in [6, 6.07) is 25.3. The van der Waals surface area contributed by atoms with Crippen LogP contribution in [0.2, 0.25) is 0 Å². The van der Waals surface area contributed by atoms with Gasteiger partial charge in [-0.25, -0.2) is 4.85 Å². The number of carbonyl (C=O) groups excluding carboxylic acids is 2. The number of nitrogens with one attached hydrogen (secondary N) is 2. The molecule has 6 nitrogen and oxygen atoms in total. The minimum atomic E-state index is -0.454. The van der Waals surface area contributed by atoms with Gasteiger partial charge in [-0.15, -0.1) is 45.3 Å². The van der Waals surface area contributed by atoms with Crippen molar-refractivity contribution >= 4 is 69.3 Å². The number of amides is 2. The molecule has 2 amide bonds. The zero-order chi connectivity index (χ0) is 29.3. The molecule has 0 fully saturated rings. The van der Waals surface area contributed by atoms with Crippen LogP contribution in [-0.4, -0.2) is 11.8 Å². The first kappa shape index (κ1) is 28.9. The number of rotatable bonds is 10. The van der Waals surface area contributed by atoms with Crippen LogP contribution < -0.4 is 10.6 Å². The molecule has 0 aliphatic carbocycles. The van der Waals surface area contributed by atoms with Gasteiger partial charge < -0.3 is 10.6 Å². The van der Waals surface area contributed by atoms with Crippen molar-refractivity contribution in [3.05, 3.63) is 127 Å². The highest BCUT2D eigenvalue weighted by molar-refractivity contribution is 7.22. The second-order valence-electron chi connectivity index (χ2n) is 8.86. The summed E-state index contributed by atoms with van der Waals surface area (Å²) in [5.41, 5.74) is 1.70. The topological polar surface area (TPSA) is 86.3 Å². The molecular formula is C32H22N4O2S4. The minimum Gasteiger partial charge on any atom is -0.357 e. The van der Waals surface area contributed by atoms with E-state index in [0.717, 1.165) is 40.4 Å². The van der Waals surface area contributed by atoms with Crippen LogP contribution in [0.3, 0.4) is 0 Å². The highest BCUT2D eigenvalue weighted by Crippen LogP contribution is 2.33. The molecule has 10 heteroatoms. The standard InChI is InChI=1S/C32H22N4O2S4/c1-34-26(17-25-10-12-30(42-25)28-8-4-14-40-28)32(38)36-20-22-6-2-5-21(15-22)19-35-31(37)23(18-33)16-24-9-11-29(41-24)27-7-3-13-39-27/h2-17H,19-20H2,(H,35,37)(H,36,38)/b23-16-,26-17+. The van der Waals surface area contributed by atoms with E-state index in [1.54, 1.807) is 34.8 Å². The van der Waals surface area contributed by atoms with E-state index in [-0.39, 0.29) is 24.4 Å². The van der Waals surface area contributed by atoms with Gasteiger partial charge in [0.25, 0.3) is 17.5 Å². The van der Waals surface area contributed by atoms with Crippen molar-refractivity contribution in [2.24, 2.45) is 0 Å². The van der Waals surface area contributed by atoms with Crippen molar-refractivity contribution in [2.45, 2.75) is 13.1 Å². The van der Waals surface area contributed by atoms with Gasteiger partial charge in [0, 0.05) is 42.4 Å². The molecule has 1 aromatic carbocycles. The number of nitrogens with zero attached hydrogens (tertiary/aromatic N) is 2. The lowest BCUT2D eigenvalue weighted by molar-refractivity contribution is -0.118. The van der Waals surface area contributed by atoms with Crippen molar-refractivity contribution in [3.8, 4) is 25.6 Å². The molecule has 0 aliphatic rings. The average molecular weight is 623 g/mol. The molecule has 4 heterocycles. The SMILES string of the molecule is [C-]#[N+]/C(=C/c1ccc(-c2cccs2)s1)C(=O)NCc1cccc(CNC(=O)/C(C#N)=C\c2ccc(-c3cccs3)s2)c1. The Morgan fingerprint density at radius 1 is 0.762 bits per heavy atom. The molecule has 4 aromatic heterocycles. The highest BCUT2D eigenvalue weighted by Gasteiger charge is 2.13. The molecule has 0 saturated heterocycles. The monoisotopic (exact) mass is 622 g/mol. The van der Waals surface area contributed by atoms with Crippen LogP contribution in [0.4, 0.5) is 0 Å². The molecule has 0 atom stereocenters. The average Bonchev–Trinajstić information content (AvgIpc) is 3.83. The van der Waals surface area contributed by atoms with Crippen LogP contribution in [0, 0.1) is 17.9 Å². The third kappa shape index (κ3) is 7.38. The van der Waals surface area contributed by atoms with Gasteiger partial charge in [-0.1, -0.05) is 36.4 Å². The fourth-order valence-corrected chi connectivity index (χ4v) is 7.50. The van der Waals surface area contributed by atoms with E-state index in [1.807, 2.05) is 89.6 Å². The van der Waals surface area contributed by atoms with Gasteiger partial charge in [0.05, 0.1) is 6.57 Å². The van der Waals surface area contributed by atoms with Gasteiger partial charge in [-0.2, -0.15) is 5.26 Å². The van der Waals surface area contributed by atoms with E-state index in [9.17, 15) is 14.9 Å². The van der Waals surface area contributed by atoms with E-state index >= 15 is 0 Å². The maximum Gasteiger partial charge on any atom is 0.262 e. The lowest BCUT2D eigenvalue weighted by Crippen LogP contribution is -2.25. The fourth-order valence-electron chi connectivity index (χ4n) is 3.94. The molecule has 0 bridgehead atoms. The zero-order valence-electron chi connectivity index (χ0n) is 22.0. The van der Waals surface area contributed by atoms with Crippen LogP contribution in [-0.2, 0) is 22.7 Å². The maximum absolute atomic E-state index is 12.7. The first-order valence-electron chi connectivity index (χ1n) is 12.6. The number of carbonyl (C=O) groups is 2. The number of benzene rings is 1. The molecule has 0 aliphatic heterocycles. The predicted molar refractivity (Wildman–Crippen MR) is 174 cm³/mol. The Morgan fingerprint density at radius 3 is 1.86 bits per heavy atom. The van der Waals surface area contributed by atoms with Crippen molar-refractivity contribution in [1.82, 2.24) is 10.6 Å². The second kappa shape index (κ2) is 13.9. The Morgan fingerprint density at radius 2 is 1.33 bits per heavy atom. The van der Waals surface area contributed by atoms with Crippen LogP contribution in [0.5, 0.6) is 0 Å². The molecule has 0 saturated carbocycles. The predicted octanol–water partition coefficient (Wildman–Crippen LogP) is 8.07. The summed E-state index contributed by atoms with van der Waals surface area (Å²) in [4.78, 5) is 35.0. The quantitative estimate of drug-likeness (QED) is 0.0938. The van der Waals surface area contributed by atoms with Crippen molar-refractivity contribution in [1.29, 1.82) is 5.26 Å². The summed E-state index contributed by atoms with van der Waals surface area (Å²) in [7, 11) is 0. The second-order valence-corrected chi connectivity index (χ2v) is 13.0. The van der Waals surface area contributed by atoms with E-state index in [0.29, 0.717) is 0 Å². The van der Waals surface area contributed by atoms with E-state index < -0.39 is 11.8 Å². The van der Waals surface area contributed by atoms with Gasteiger partial charge in [-0.05, 0) is 70.4 Å². The Bertz CT molecular complexity index is 1710. The van der Waals surface area contributed by atoms with Crippen LogP contribution in [0.1, 0.15) is 20.9 Å². The van der Waals surface area contributed by atoms with Gasteiger partial charge in [0.15, 0.2) is 0 Å². The van der Waals surface area contributed by atoms with Gasteiger partial charge in [-0.3, -0.25) is 9.59 Å². The smallest absolute Gasteiger partial charge is 0.262 e. The number of hydrogen-bond acceptors (Lipinski definition) is 7. The van der Waals surface area contributed by atoms with E-state index in [2.05, 4.69) is 15.5 Å². The van der Waals surface area contributed by atoms with Crippen LogP contribution in [0.15, 0.2) is 94.8 Å². The van der Waals surface area contributed by atoms with Gasteiger partial charge in [0.2, 0.25) is 0 Å². The fraction of sp³-hybridized carbons (Fsp3) is 0.0625. The lowest BCUT2D eigenvalue weighted by Gasteiger charge is -2.08. The summed E-state index contributed by atoms with van der Waals surface area (Å²) in [5, 5.41) is 19.2. The Balaban J connectivity index is 1.16. The van der Waals surface area contributed by atoms with Crippen molar-refractivity contribution in [3.63, 3.8) is 0 Å². The molecular weight excluding hydrogens is 601 g/mol. The minimum absolute atomic E-state index is 0.0158. The summed E-state index contributed by atoms with van der Waals surface area (Å²) in [6.07, 6.45) is 3.21. The molecule has 0 spiro atoms. The molecule has 0 radical (unpaired) electrons. The first-order chi connectivity index (χ1) is 20.5. The Hall–Kier alpha value is -4.58. The summed E-state index contributed by atoms with van der Waals surface area (Å²) in [5.74, 6) is -0.903.